The molecule has 6 nitrogen and oxygen atoms in total. The van der Waals surface area contributed by atoms with Crippen LogP contribution in [-0.2, 0) is 9.59 Å². The number of aryl methyl sites for hydroxylation is 1. The van der Waals surface area contributed by atoms with Crippen molar-refractivity contribution < 1.29 is 9.59 Å². The van der Waals surface area contributed by atoms with E-state index >= 15 is 0 Å². The Morgan fingerprint density at radius 1 is 1.00 bits per heavy atom. The first-order chi connectivity index (χ1) is 14.5. The lowest BCUT2D eigenvalue weighted by molar-refractivity contribution is -0.127. The minimum absolute atomic E-state index is 0.168. The highest BCUT2D eigenvalue weighted by atomic mass is 79.9. The lowest BCUT2D eigenvalue weighted by Gasteiger charge is -2.36. The number of para-hydroxylation sites is 1. The third-order valence-electron chi connectivity index (χ3n) is 4.99. The summed E-state index contributed by atoms with van der Waals surface area (Å²) in [5.74, 6) is -0.129. The van der Waals surface area contributed by atoms with Gasteiger partial charge in [0.25, 0.3) is 0 Å². The Morgan fingerprint density at radius 2 is 1.70 bits per heavy atom. The van der Waals surface area contributed by atoms with Gasteiger partial charge in [0.15, 0.2) is 0 Å². The molecule has 0 spiro atoms. The minimum atomic E-state index is -0.216. The van der Waals surface area contributed by atoms with Crippen LogP contribution in [0.15, 0.2) is 57.9 Å². The predicted molar refractivity (Wildman–Crippen MR) is 126 cm³/mol. The molecular weight excluding hydrogens is 464 g/mol. The SMILES string of the molecule is Cc1cc(Br)ccc1SCC(=O)NNC(=O)CCN1CCN(c2ccccc2)CC1. The summed E-state index contributed by atoms with van der Waals surface area (Å²) in [7, 11) is 0. The van der Waals surface area contributed by atoms with Crippen LogP contribution in [0.1, 0.15) is 12.0 Å². The van der Waals surface area contributed by atoms with Gasteiger partial charge in [-0.1, -0.05) is 34.1 Å². The Kier molecular flexibility index (Phi) is 8.60. The van der Waals surface area contributed by atoms with Gasteiger partial charge in [-0.2, -0.15) is 0 Å². The summed E-state index contributed by atoms with van der Waals surface area (Å²) in [6.07, 6.45) is 0.366. The van der Waals surface area contributed by atoms with E-state index in [0.29, 0.717) is 13.0 Å². The van der Waals surface area contributed by atoms with Gasteiger partial charge >= 0.3 is 0 Å². The second-order valence-electron chi connectivity index (χ2n) is 7.21. The summed E-state index contributed by atoms with van der Waals surface area (Å²) in [4.78, 5) is 29.8. The van der Waals surface area contributed by atoms with Crippen molar-refractivity contribution in [2.24, 2.45) is 0 Å². The highest BCUT2D eigenvalue weighted by Gasteiger charge is 2.17. The normalized spacial score (nSPS) is 14.4. The molecule has 0 unspecified atom stereocenters. The molecule has 30 heavy (non-hydrogen) atoms. The van der Waals surface area contributed by atoms with Gasteiger partial charge in [0.1, 0.15) is 0 Å². The van der Waals surface area contributed by atoms with E-state index in [-0.39, 0.29) is 17.6 Å². The van der Waals surface area contributed by atoms with Crippen LogP contribution < -0.4 is 15.8 Å². The third-order valence-corrected chi connectivity index (χ3v) is 6.65. The molecule has 2 N–H and O–H groups in total. The molecule has 0 aliphatic carbocycles. The molecule has 0 atom stereocenters. The summed E-state index contributed by atoms with van der Waals surface area (Å²) in [5, 5.41) is 0. The average Bonchev–Trinajstić information content (AvgIpc) is 2.76. The second kappa shape index (κ2) is 11.4. The fourth-order valence-electron chi connectivity index (χ4n) is 3.28. The van der Waals surface area contributed by atoms with Gasteiger partial charge in [0.05, 0.1) is 5.75 Å². The van der Waals surface area contributed by atoms with E-state index in [2.05, 4.69) is 60.8 Å². The minimum Gasteiger partial charge on any atom is -0.369 e. The molecule has 2 amide bonds. The number of thioether (sulfide) groups is 1. The van der Waals surface area contributed by atoms with Crippen LogP contribution in [0.4, 0.5) is 5.69 Å². The maximum absolute atomic E-state index is 12.1. The van der Waals surface area contributed by atoms with Crippen molar-refractivity contribution in [3.05, 3.63) is 58.6 Å². The Bertz CT molecular complexity index is 857. The van der Waals surface area contributed by atoms with Gasteiger partial charge in [0.2, 0.25) is 11.8 Å². The van der Waals surface area contributed by atoms with E-state index in [1.807, 2.05) is 31.2 Å². The van der Waals surface area contributed by atoms with E-state index in [4.69, 9.17) is 0 Å². The van der Waals surface area contributed by atoms with Crippen molar-refractivity contribution in [2.45, 2.75) is 18.2 Å². The molecule has 0 aromatic heterocycles. The number of hydrogen-bond acceptors (Lipinski definition) is 5. The fourth-order valence-corrected chi connectivity index (χ4v) is 4.57. The van der Waals surface area contributed by atoms with Crippen LogP contribution in [0, 0.1) is 6.92 Å². The number of carbonyl (C=O) groups is 2. The molecule has 8 heteroatoms. The van der Waals surface area contributed by atoms with Gasteiger partial charge in [0, 0.05) is 54.2 Å². The Morgan fingerprint density at radius 3 is 2.40 bits per heavy atom. The molecule has 1 aliphatic heterocycles. The molecule has 0 bridgehead atoms. The molecule has 2 aromatic carbocycles. The van der Waals surface area contributed by atoms with Crippen LogP contribution in [0.2, 0.25) is 0 Å². The number of amides is 2. The lowest BCUT2D eigenvalue weighted by Crippen LogP contribution is -2.48. The summed E-state index contributed by atoms with van der Waals surface area (Å²) in [5.41, 5.74) is 7.38. The van der Waals surface area contributed by atoms with Crippen LogP contribution in [0.5, 0.6) is 0 Å². The molecule has 0 radical (unpaired) electrons. The van der Waals surface area contributed by atoms with E-state index in [0.717, 1.165) is 41.1 Å². The average molecular weight is 491 g/mol. The molecular formula is C22H27BrN4O2S. The fraction of sp³-hybridized carbons (Fsp3) is 0.364. The summed E-state index contributed by atoms with van der Waals surface area (Å²) in [6, 6.07) is 16.3. The number of nitrogens with zero attached hydrogens (tertiary/aromatic N) is 2. The van der Waals surface area contributed by atoms with E-state index in [9.17, 15) is 9.59 Å². The number of piperazine rings is 1. The monoisotopic (exact) mass is 490 g/mol. The van der Waals surface area contributed by atoms with Crippen LogP contribution in [0.3, 0.4) is 0 Å². The number of nitrogens with one attached hydrogen (secondary N) is 2. The third kappa shape index (κ3) is 7.04. The molecule has 160 valence electrons. The maximum atomic E-state index is 12.1. The first-order valence-electron chi connectivity index (χ1n) is 10.0. The van der Waals surface area contributed by atoms with Crippen molar-refractivity contribution in [1.82, 2.24) is 15.8 Å². The van der Waals surface area contributed by atoms with Crippen LogP contribution >= 0.6 is 27.7 Å². The molecule has 2 aromatic rings. The Labute approximate surface area is 190 Å². The van der Waals surface area contributed by atoms with Crippen LogP contribution in [0.25, 0.3) is 0 Å². The maximum Gasteiger partial charge on any atom is 0.248 e. The van der Waals surface area contributed by atoms with Gasteiger partial charge in [-0.15, -0.1) is 11.8 Å². The summed E-state index contributed by atoms with van der Waals surface area (Å²) >= 11 is 4.89. The Balaban J connectivity index is 1.30. The van der Waals surface area contributed by atoms with Gasteiger partial charge < -0.3 is 4.90 Å². The molecule has 1 saturated heterocycles. The predicted octanol–water partition coefficient (Wildman–Crippen LogP) is 3.21. The van der Waals surface area contributed by atoms with E-state index < -0.39 is 0 Å². The summed E-state index contributed by atoms with van der Waals surface area (Å²) < 4.78 is 1.02. The zero-order valence-electron chi connectivity index (χ0n) is 17.1. The first-order valence-corrected chi connectivity index (χ1v) is 11.8. The smallest absolute Gasteiger partial charge is 0.248 e. The quantitative estimate of drug-likeness (QED) is 0.460. The number of hydrazine groups is 1. The highest BCUT2D eigenvalue weighted by molar-refractivity contribution is 9.10. The number of halogens is 1. The topological polar surface area (TPSA) is 64.7 Å². The zero-order valence-corrected chi connectivity index (χ0v) is 19.5. The Hall–Kier alpha value is -2.03. The number of rotatable bonds is 7. The molecule has 0 saturated carbocycles. The summed E-state index contributed by atoms with van der Waals surface area (Å²) in [6.45, 7) is 6.46. The highest BCUT2D eigenvalue weighted by Crippen LogP contribution is 2.25. The van der Waals surface area contributed by atoms with E-state index in [1.54, 1.807) is 0 Å². The van der Waals surface area contributed by atoms with Crippen molar-refractivity contribution in [3.8, 4) is 0 Å². The molecule has 1 heterocycles. The van der Waals surface area contributed by atoms with Gasteiger partial charge in [-0.3, -0.25) is 25.3 Å². The van der Waals surface area contributed by atoms with Crippen molar-refractivity contribution in [2.75, 3.05) is 43.4 Å². The van der Waals surface area contributed by atoms with Crippen molar-refractivity contribution in [3.63, 3.8) is 0 Å². The molecule has 3 rings (SSSR count). The van der Waals surface area contributed by atoms with Crippen LogP contribution in [-0.4, -0.2) is 55.2 Å². The first kappa shape index (κ1) is 22.7. The van der Waals surface area contributed by atoms with Gasteiger partial charge in [-0.05, 0) is 42.8 Å². The number of hydrogen-bond donors (Lipinski definition) is 2. The molecule has 1 fully saturated rings. The number of carbonyl (C=O) groups excluding carboxylic acids is 2. The van der Waals surface area contributed by atoms with Crippen molar-refractivity contribution in [1.29, 1.82) is 0 Å². The standard InChI is InChI=1S/C22H27BrN4O2S/c1-17-15-18(23)7-8-20(17)30-16-22(29)25-24-21(28)9-10-26-11-13-27(14-12-26)19-5-3-2-4-6-19/h2-8,15H,9-14,16H2,1H3,(H,24,28)(H,25,29). The zero-order chi connectivity index (χ0) is 21.3. The number of anilines is 1. The molecule has 1 aliphatic rings. The largest absolute Gasteiger partial charge is 0.369 e. The van der Waals surface area contributed by atoms with E-state index in [1.165, 1.54) is 17.4 Å². The second-order valence-corrected chi connectivity index (χ2v) is 9.14. The van der Waals surface area contributed by atoms with Gasteiger partial charge in [-0.25, -0.2) is 0 Å². The lowest BCUT2D eigenvalue weighted by atomic mass is 10.2. The number of benzene rings is 2. The van der Waals surface area contributed by atoms with Crippen molar-refractivity contribution >= 4 is 45.2 Å².